The van der Waals surface area contributed by atoms with Crippen LogP contribution in [0.1, 0.15) is 28.8 Å². The maximum absolute atomic E-state index is 13.0. The van der Waals surface area contributed by atoms with Gasteiger partial charge in [0, 0.05) is 25.9 Å². The fourth-order valence-electron chi connectivity index (χ4n) is 2.92. The number of nitrogens with zero attached hydrogens (tertiary/aromatic N) is 1. The molecule has 7 heteroatoms. The number of hydrogen-bond donors (Lipinski definition) is 0. The quantitative estimate of drug-likeness (QED) is 0.800. The Morgan fingerprint density at radius 3 is 2.27 bits per heavy atom. The first-order chi connectivity index (χ1) is 10.4. The Bertz CT molecular complexity index is 557. The average Bonchev–Trinajstić information content (AvgIpc) is 2.95. The van der Waals surface area contributed by atoms with Crippen LogP contribution < -0.4 is 0 Å². The van der Waals surface area contributed by atoms with Gasteiger partial charge in [0.15, 0.2) is 5.79 Å². The van der Waals surface area contributed by atoms with E-state index in [1.54, 1.807) is 0 Å². The third kappa shape index (κ3) is 2.83. The Labute approximate surface area is 125 Å². The number of alkyl halides is 3. The number of likely N-dealkylation sites (tertiary alicyclic amines) is 1. The monoisotopic (exact) mass is 315 g/mol. The first-order valence-electron chi connectivity index (χ1n) is 7.15. The highest BCUT2D eigenvalue weighted by Crippen LogP contribution is 2.35. The third-order valence-electron chi connectivity index (χ3n) is 4.09. The van der Waals surface area contributed by atoms with Gasteiger partial charge in [-0.05, 0) is 12.1 Å². The Morgan fingerprint density at radius 2 is 1.68 bits per heavy atom. The van der Waals surface area contributed by atoms with Crippen LogP contribution in [0.5, 0.6) is 0 Å². The van der Waals surface area contributed by atoms with Crippen molar-refractivity contribution < 1.29 is 27.4 Å². The van der Waals surface area contributed by atoms with E-state index in [4.69, 9.17) is 9.47 Å². The number of piperidine rings is 1. The van der Waals surface area contributed by atoms with Crippen LogP contribution in [0.2, 0.25) is 0 Å². The normalized spacial score (nSPS) is 21.3. The average molecular weight is 315 g/mol. The van der Waals surface area contributed by atoms with Gasteiger partial charge in [-0.15, -0.1) is 0 Å². The molecule has 1 aromatic carbocycles. The molecule has 120 valence electrons. The number of rotatable bonds is 1. The number of carbonyl (C=O) groups excluding carboxylic acids is 1. The predicted octanol–water partition coefficient (Wildman–Crippen LogP) is 2.68. The van der Waals surface area contributed by atoms with E-state index in [-0.39, 0.29) is 5.56 Å². The number of amides is 1. The first-order valence-corrected chi connectivity index (χ1v) is 7.15. The second-order valence-electron chi connectivity index (χ2n) is 5.44. The molecule has 1 amide bonds. The van der Waals surface area contributed by atoms with Crippen LogP contribution in [-0.4, -0.2) is 42.9 Å². The largest absolute Gasteiger partial charge is 0.417 e. The highest BCUT2D eigenvalue weighted by atomic mass is 19.4. The summed E-state index contributed by atoms with van der Waals surface area (Å²) in [7, 11) is 0. The molecule has 1 spiro atoms. The molecule has 22 heavy (non-hydrogen) atoms. The minimum atomic E-state index is -4.54. The minimum absolute atomic E-state index is 0.306. The fourth-order valence-corrected chi connectivity index (χ4v) is 2.92. The maximum atomic E-state index is 13.0. The van der Waals surface area contributed by atoms with Gasteiger partial charge in [-0.1, -0.05) is 12.1 Å². The molecule has 0 saturated carbocycles. The molecule has 2 fully saturated rings. The van der Waals surface area contributed by atoms with Crippen LogP contribution in [-0.2, 0) is 15.7 Å². The van der Waals surface area contributed by atoms with Crippen molar-refractivity contribution in [3.8, 4) is 0 Å². The van der Waals surface area contributed by atoms with Crippen LogP contribution in [0, 0.1) is 0 Å². The van der Waals surface area contributed by atoms with E-state index >= 15 is 0 Å². The lowest BCUT2D eigenvalue weighted by molar-refractivity contribution is -0.181. The second kappa shape index (κ2) is 5.55. The molecule has 0 bridgehead atoms. The summed E-state index contributed by atoms with van der Waals surface area (Å²) in [5, 5.41) is 0. The lowest BCUT2D eigenvalue weighted by atomic mass is 10.0. The van der Waals surface area contributed by atoms with Crippen LogP contribution >= 0.6 is 0 Å². The van der Waals surface area contributed by atoms with E-state index in [9.17, 15) is 18.0 Å². The molecular weight excluding hydrogens is 299 g/mol. The van der Waals surface area contributed by atoms with E-state index in [1.165, 1.54) is 23.1 Å². The molecule has 4 nitrogen and oxygen atoms in total. The van der Waals surface area contributed by atoms with Crippen molar-refractivity contribution >= 4 is 5.91 Å². The van der Waals surface area contributed by atoms with Crippen molar-refractivity contribution in [3.05, 3.63) is 35.4 Å². The van der Waals surface area contributed by atoms with E-state index in [1.807, 2.05) is 0 Å². The SMILES string of the molecule is O=C(c1ccccc1C(F)(F)F)N1CCC2(CC1)OCCO2. The summed E-state index contributed by atoms with van der Waals surface area (Å²) < 4.78 is 50.1. The molecule has 0 atom stereocenters. The fraction of sp³-hybridized carbons (Fsp3) is 0.533. The molecule has 2 aliphatic heterocycles. The smallest absolute Gasteiger partial charge is 0.347 e. The standard InChI is InChI=1S/C15H16F3NO3/c16-15(17,18)12-4-2-1-3-11(12)13(20)19-7-5-14(6-8-19)21-9-10-22-14/h1-4H,5-10H2. The van der Waals surface area contributed by atoms with Gasteiger partial charge in [-0.2, -0.15) is 13.2 Å². The van der Waals surface area contributed by atoms with Crippen molar-refractivity contribution in [2.75, 3.05) is 26.3 Å². The number of carbonyl (C=O) groups is 1. The molecule has 0 N–H and O–H groups in total. The number of ether oxygens (including phenoxy) is 2. The van der Waals surface area contributed by atoms with Gasteiger partial charge in [0.2, 0.25) is 0 Å². The van der Waals surface area contributed by atoms with Crippen molar-refractivity contribution in [2.24, 2.45) is 0 Å². The zero-order chi connectivity index (χ0) is 15.8. The number of halogens is 3. The van der Waals surface area contributed by atoms with Gasteiger partial charge >= 0.3 is 6.18 Å². The molecular formula is C15H16F3NO3. The van der Waals surface area contributed by atoms with Gasteiger partial charge in [0.1, 0.15) is 0 Å². The second-order valence-corrected chi connectivity index (χ2v) is 5.44. The summed E-state index contributed by atoms with van der Waals surface area (Å²) in [4.78, 5) is 13.8. The maximum Gasteiger partial charge on any atom is 0.417 e. The molecule has 0 aromatic heterocycles. The summed E-state index contributed by atoms with van der Waals surface area (Å²) in [6, 6.07) is 4.88. The van der Waals surface area contributed by atoms with Gasteiger partial charge in [-0.3, -0.25) is 4.79 Å². The molecule has 0 radical (unpaired) electrons. The lowest BCUT2D eigenvalue weighted by Gasteiger charge is -2.37. The Balaban J connectivity index is 1.76. The van der Waals surface area contributed by atoms with Crippen LogP contribution in [0.4, 0.5) is 13.2 Å². The molecule has 3 rings (SSSR count). The Hall–Kier alpha value is -1.60. The van der Waals surface area contributed by atoms with Gasteiger partial charge < -0.3 is 14.4 Å². The first kappa shape index (κ1) is 15.3. The van der Waals surface area contributed by atoms with E-state index in [2.05, 4.69) is 0 Å². The predicted molar refractivity (Wildman–Crippen MR) is 71.2 cm³/mol. The van der Waals surface area contributed by atoms with Crippen molar-refractivity contribution in [1.29, 1.82) is 0 Å². The summed E-state index contributed by atoms with van der Waals surface area (Å²) >= 11 is 0. The molecule has 1 aromatic rings. The van der Waals surface area contributed by atoms with Gasteiger partial charge in [0.05, 0.1) is 24.3 Å². The van der Waals surface area contributed by atoms with Crippen molar-refractivity contribution in [3.63, 3.8) is 0 Å². The summed E-state index contributed by atoms with van der Waals surface area (Å²) in [6.45, 7) is 1.69. The molecule has 2 aliphatic rings. The summed E-state index contributed by atoms with van der Waals surface area (Å²) in [5.41, 5.74) is -1.20. The molecule has 2 heterocycles. The van der Waals surface area contributed by atoms with E-state index in [0.29, 0.717) is 39.1 Å². The van der Waals surface area contributed by atoms with Crippen LogP contribution in [0.25, 0.3) is 0 Å². The topological polar surface area (TPSA) is 38.8 Å². The minimum Gasteiger partial charge on any atom is -0.347 e. The Kier molecular flexibility index (Phi) is 3.86. The molecule has 0 aliphatic carbocycles. The van der Waals surface area contributed by atoms with Crippen molar-refractivity contribution in [2.45, 2.75) is 24.8 Å². The zero-order valence-corrected chi connectivity index (χ0v) is 11.9. The Morgan fingerprint density at radius 1 is 1.09 bits per heavy atom. The molecule has 0 unspecified atom stereocenters. The highest BCUT2D eigenvalue weighted by molar-refractivity contribution is 5.96. The van der Waals surface area contributed by atoms with Crippen molar-refractivity contribution in [1.82, 2.24) is 4.90 Å². The highest BCUT2D eigenvalue weighted by Gasteiger charge is 2.42. The van der Waals surface area contributed by atoms with Crippen LogP contribution in [0.15, 0.2) is 24.3 Å². The summed E-state index contributed by atoms with van der Waals surface area (Å²) in [6.07, 6.45) is -3.58. The van der Waals surface area contributed by atoms with Crippen LogP contribution in [0.3, 0.4) is 0 Å². The number of hydrogen-bond acceptors (Lipinski definition) is 3. The van der Waals surface area contributed by atoms with E-state index in [0.717, 1.165) is 6.07 Å². The summed E-state index contributed by atoms with van der Waals surface area (Å²) in [5.74, 6) is -1.25. The van der Waals surface area contributed by atoms with E-state index < -0.39 is 23.4 Å². The lowest BCUT2D eigenvalue weighted by Crippen LogP contribution is -2.47. The molecule has 2 saturated heterocycles. The van der Waals surface area contributed by atoms with Gasteiger partial charge in [0.25, 0.3) is 5.91 Å². The zero-order valence-electron chi connectivity index (χ0n) is 11.9. The van der Waals surface area contributed by atoms with Gasteiger partial charge in [-0.25, -0.2) is 0 Å². The third-order valence-corrected chi connectivity index (χ3v) is 4.09. The number of benzene rings is 1.